The number of hydrogen-bond donors (Lipinski definition) is 3. The number of hydrogen-bond acceptors (Lipinski definition) is 5. The quantitative estimate of drug-likeness (QED) is 0.397. The van der Waals surface area contributed by atoms with Gasteiger partial charge in [-0.3, -0.25) is 14.4 Å². The lowest BCUT2D eigenvalue weighted by Gasteiger charge is -2.26. The summed E-state index contributed by atoms with van der Waals surface area (Å²) in [6, 6.07) is 9.15. The van der Waals surface area contributed by atoms with E-state index in [0.29, 0.717) is 31.2 Å². The van der Waals surface area contributed by atoms with Gasteiger partial charge in [-0.1, -0.05) is 0 Å². The summed E-state index contributed by atoms with van der Waals surface area (Å²) in [5, 5.41) is 17.0. The van der Waals surface area contributed by atoms with Crippen LogP contribution in [0.15, 0.2) is 41.8 Å². The molecular formula is C25H24F2N2O5S. The average molecular weight is 503 g/mol. The maximum Gasteiger partial charge on any atom is 0.306 e. The van der Waals surface area contributed by atoms with Crippen molar-refractivity contribution in [3.63, 3.8) is 0 Å². The predicted molar refractivity (Wildman–Crippen MR) is 127 cm³/mol. The third kappa shape index (κ3) is 5.94. The molecule has 3 N–H and O–H groups in total. The zero-order valence-corrected chi connectivity index (χ0v) is 19.5. The van der Waals surface area contributed by atoms with E-state index < -0.39 is 35.0 Å². The summed E-state index contributed by atoms with van der Waals surface area (Å²) >= 11 is 1.58. The minimum Gasteiger partial charge on any atom is -0.490 e. The van der Waals surface area contributed by atoms with Crippen molar-refractivity contribution in [2.45, 2.75) is 31.8 Å². The minimum absolute atomic E-state index is 0.0186. The molecule has 1 heterocycles. The van der Waals surface area contributed by atoms with Gasteiger partial charge in [0.1, 0.15) is 22.9 Å². The number of carbonyl (C=O) groups excluding carboxylic acids is 2. The van der Waals surface area contributed by atoms with E-state index in [2.05, 4.69) is 10.6 Å². The molecule has 4 rings (SSSR count). The number of ether oxygens (including phenoxy) is 1. The van der Waals surface area contributed by atoms with Crippen molar-refractivity contribution in [3.05, 3.63) is 64.5 Å². The molecule has 35 heavy (non-hydrogen) atoms. The minimum atomic E-state index is -1.06. The smallest absolute Gasteiger partial charge is 0.306 e. The van der Waals surface area contributed by atoms with Gasteiger partial charge in [0, 0.05) is 35.5 Å². The van der Waals surface area contributed by atoms with Crippen LogP contribution < -0.4 is 15.4 Å². The first-order valence-corrected chi connectivity index (χ1v) is 12.1. The first-order chi connectivity index (χ1) is 16.8. The highest BCUT2D eigenvalue weighted by atomic mass is 32.1. The standard InChI is InChI=1S/C25H24F2N2O5S/c26-19-12-18(34-17-4-1-14(2-5-17)25(32)33)13-20(27)22(19)24(31)29-9-8-28-23(30)16-3-6-21-15(11-16)7-10-35-21/h3,6-7,10-14,17H,1-2,4-5,8-9H2,(H,28,30)(H,29,31)(H,32,33)/t14-,17+. The highest BCUT2D eigenvalue weighted by molar-refractivity contribution is 7.17. The Kier molecular flexibility index (Phi) is 7.60. The number of carboxylic acid groups (broad SMARTS) is 1. The number of aliphatic carboxylic acids is 1. The average Bonchev–Trinajstić information content (AvgIpc) is 3.29. The molecule has 1 fully saturated rings. The van der Waals surface area contributed by atoms with Gasteiger partial charge in [-0.05, 0) is 60.7 Å². The Bertz CT molecular complexity index is 1230. The van der Waals surface area contributed by atoms with E-state index in [9.17, 15) is 23.2 Å². The summed E-state index contributed by atoms with van der Waals surface area (Å²) in [6.07, 6.45) is 1.47. The number of benzene rings is 2. The van der Waals surface area contributed by atoms with Crippen molar-refractivity contribution < 1.29 is 33.0 Å². The van der Waals surface area contributed by atoms with E-state index >= 15 is 0 Å². The van der Waals surface area contributed by atoms with Gasteiger partial charge in [-0.15, -0.1) is 11.3 Å². The normalized spacial score (nSPS) is 17.7. The molecule has 1 saturated carbocycles. The molecule has 0 bridgehead atoms. The second-order valence-electron chi connectivity index (χ2n) is 8.38. The molecule has 3 aromatic rings. The number of thiophene rings is 1. The molecule has 7 nitrogen and oxygen atoms in total. The Morgan fingerprint density at radius 2 is 1.60 bits per heavy atom. The third-order valence-electron chi connectivity index (χ3n) is 5.98. The lowest BCUT2D eigenvalue weighted by atomic mass is 9.87. The van der Waals surface area contributed by atoms with Crippen molar-refractivity contribution in [1.29, 1.82) is 0 Å². The van der Waals surface area contributed by atoms with Gasteiger partial charge in [0.25, 0.3) is 11.8 Å². The molecular weight excluding hydrogens is 478 g/mol. The van der Waals surface area contributed by atoms with Crippen molar-refractivity contribution in [1.82, 2.24) is 10.6 Å². The molecule has 0 radical (unpaired) electrons. The number of fused-ring (bicyclic) bond motifs is 1. The molecule has 1 aliphatic rings. The van der Waals surface area contributed by atoms with Crippen molar-refractivity contribution in [2.24, 2.45) is 5.92 Å². The summed E-state index contributed by atoms with van der Waals surface area (Å²) in [4.78, 5) is 35.7. The molecule has 1 aliphatic carbocycles. The van der Waals surface area contributed by atoms with E-state index in [1.54, 1.807) is 23.5 Å². The summed E-state index contributed by atoms with van der Waals surface area (Å²) in [6.45, 7) is 0.0604. The zero-order valence-electron chi connectivity index (χ0n) is 18.7. The van der Waals surface area contributed by atoms with Gasteiger partial charge >= 0.3 is 5.97 Å². The van der Waals surface area contributed by atoms with E-state index in [1.165, 1.54) is 0 Å². The summed E-state index contributed by atoms with van der Waals surface area (Å²) in [5.74, 6) is -4.72. The molecule has 2 amide bonds. The highest BCUT2D eigenvalue weighted by Crippen LogP contribution is 2.29. The Morgan fingerprint density at radius 1 is 0.943 bits per heavy atom. The highest BCUT2D eigenvalue weighted by Gasteiger charge is 2.27. The number of nitrogens with one attached hydrogen (secondary N) is 2. The largest absolute Gasteiger partial charge is 0.490 e. The number of carboxylic acids is 1. The topological polar surface area (TPSA) is 105 Å². The fraction of sp³-hybridized carbons (Fsp3) is 0.320. The lowest BCUT2D eigenvalue weighted by molar-refractivity contribution is -0.143. The molecule has 0 saturated heterocycles. The monoisotopic (exact) mass is 502 g/mol. The van der Waals surface area contributed by atoms with Gasteiger partial charge in [-0.2, -0.15) is 0 Å². The number of amides is 2. The first kappa shape index (κ1) is 24.6. The predicted octanol–water partition coefficient (Wildman–Crippen LogP) is 4.36. The van der Waals surface area contributed by atoms with Gasteiger partial charge in [-0.25, -0.2) is 8.78 Å². The summed E-state index contributed by atoms with van der Waals surface area (Å²) in [7, 11) is 0. The molecule has 1 aromatic heterocycles. The van der Waals surface area contributed by atoms with Crippen LogP contribution in [0.25, 0.3) is 10.1 Å². The Balaban J connectivity index is 1.27. The molecule has 0 unspecified atom stereocenters. The Morgan fingerprint density at radius 3 is 2.26 bits per heavy atom. The SMILES string of the molecule is O=C(NCCNC(=O)c1c(F)cc(O[C@H]2CC[C@@H](C(=O)O)CC2)cc1F)c1ccc2sccc2c1. The first-order valence-electron chi connectivity index (χ1n) is 11.2. The van der Waals surface area contributed by atoms with E-state index in [1.807, 2.05) is 17.5 Å². The maximum absolute atomic E-state index is 14.5. The number of carbonyl (C=O) groups is 3. The second-order valence-corrected chi connectivity index (χ2v) is 9.32. The van der Waals surface area contributed by atoms with Crippen molar-refractivity contribution in [3.8, 4) is 5.75 Å². The fourth-order valence-electron chi connectivity index (χ4n) is 4.11. The Labute approximate surface area is 204 Å². The van der Waals surface area contributed by atoms with Gasteiger partial charge < -0.3 is 20.5 Å². The van der Waals surface area contributed by atoms with Crippen molar-refractivity contribution in [2.75, 3.05) is 13.1 Å². The molecule has 184 valence electrons. The Hall–Kier alpha value is -3.53. The number of rotatable bonds is 8. The van der Waals surface area contributed by atoms with Gasteiger partial charge in [0.05, 0.1) is 12.0 Å². The van der Waals surface area contributed by atoms with Crippen LogP contribution in [0, 0.1) is 17.6 Å². The van der Waals surface area contributed by atoms with E-state index in [4.69, 9.17) is 9.84 Å². The number of halogens is 2. The van der Waals surface area contributed by atoms with Crippen LogP contribution in [-0.2, 0) is 4.79 Å². The van der Waals surface area contributed by atoms with Crippen LogP contribution in [0.1, 0.15) is 46.4 Å². The summed E-state index contributed by atoms with van der Waals surface area (Å²) < 4.78 is 35.7. The van der Waals surface area contributed by atoms with Crippen LogP contribution in [0.3, 0.4) is 0 Å². The molecule has 0 aliphatic heterocycles. The molecule has 10 heteroatoms. The zero-order chi connectivity index (χ0) is 24.9. The molecule has 0 atom stereocenters. The lowest BCUT2D eigenvalue weighted by Crippen LogP contribution is -2.35. The maximum atomic E-state index is 14.5. The van der Waals surface area contributed by atoms with E-state index in [0.717, 1.165) is 22.2 Å². The molecule has 2 aromatic carbocycles. The second kappa shape index (κ2) is 10.8. The van der Waals surface area contributed by atoms with Crippen LogP contribution in [0.4, 0.5) is 8.78 Å². The summed E-state index contributed by atoms with van der Waals surface area (Å²) in [5.41, 5.74) is -0.257. The van der Waals surface area contributed by atoms with Crippen molar-refractivity contribution >= 4 is 39.2 Å². The molecule has 0 spiro atoms. The van der Waals surface area contributed by atoms with E-state index in [-0.39, 0.29) is 30.9 Å². The van der Waals surface area contributed by atoms with Gasteiger partial charge in [0.15, 0.2) is 0 Å². The third-order valence-corrected chi connectivity index (χ3v) is 6.88. The van der Waals surface area contributed by atoms with Crippen LogP contribution in [-0.4, -0.2) is 42.1 Å². The van der Waals surface area contributed by atoms with Crippen LogP contribution in [0.2, 0.25) is 0 Å². The van der Waals surface area contributed by atoms with Gasteiger partial charge in [0.2, 0.25) is 0 Å². The fourth-order valence-corrected chi connectivity index (χ4v) is 4.88. The van der Waals surface area contributed by atoms with Crippen LogP contribution in [0.5, 0.6) is 5.75 Å². The van der Waals surface area contributed by atoms with Crippen LogP contribution >= 0.6 is 11.3 Å².